The van der Waals surface area contributed by atoms with Gasteiger partial charge in [0.15, 0.2) is 0 Å². The van der Waals surface area contributed by atoms with E-state index in [1.807, 2.05) is 24.3 Å². The molecule has 2 aromatic heterocycles. The smallest absolute Gasteiger partial charge is 0.257 e. The fourth-order valence-corrected chi connectivity index (χ4v) is 3.81. The third-order valence-electron chi connectivity index (χ3n) is 4.98. The Morgan fingerprint density at radius 3 is 2.79 bits per heavy atom. The van der Waals surface area contributed by atoms with Crippen LogP contribution in [0.5, 0.6) is 5.75 Å². The molecule has 28 heavy (non-hydrogen) atoms. The molecular weight excluding hydrogens is 356 g/mol. The van der Waals surface area contributed by atoms with Crippen LogP contribution in [0.1, 0.15) is 13.8 Å². The molecule has 3 aromatic rings. The molecule has 1 saturated heterocycles. The van der Waals surface area contributed by atoms with Crippen LogP contribution in [0.15, 0.2) is 41.3 Å². The summed E-state index contributed by atoms with van der Waals surface area (Å²) in [6.45, 7) is 7.56. The minimum atomic E-state index is -0.175. The van der Waals surface area contributed by atoms with Gasteiger partial charge in [-0.3, -0.25) is 9.69 Å². The summed E-state index contributed by atoms with van der Waals surface area (Å²) in [5.74, 6) is 0.814. The number of nitrogen functional groups attached to an aromatic ring is 1. The molecule has 0 radical (unpaired) electrons. The lowest BCUT2D eigenvalue weighted by molar-refractivity contribution is -0.0699. The van der Waals surface area contributed by atoms with Crippen LogP contribution >= 0.6 is 0 Å². The summed E-state index contributed by atoms with van der Waals surface area (Å²) < 4.78 is 11.7. The maximum Gasteiger partial charge on any atom is 0.257 e. The molecule has 1 fully saturated rings. The number of H-pyrrole nitrogens is 2. The van der Waals surface area contributed by atoms with Crippen molar-refractivity contribution in [2.75, 3.05) is 32.0 Å². The molecule has 1 aliphatic heterocycles. The summed E-state index contributed by atoms with van der Waals surface area (Å²) in [5.41, 5.74) is 8.34. The molecule has 148 valence electrons. The van der Waals surface area contributed by atoms with E-state index < -0.39 is 0 Å². The largest absolute Gasteiger partial charge is 0.492 e. The second-order valence-corrected chi connectivity index (χ2v) is 7.47. The van der Waals surface area contributed by atoms with Gasteiger partial charge in [0.25, 0.3) is 5.56 Å². The van der Waals surface area contributed by atoms with Gasteiger partial charge in [-0.25, -0.2) is 0 Å². The topological polar surface area (TPSA) is 96.4 Å². The van der Waals surface area contributed by atoms with E-state index in [0.29, 0.717) is 17.9 Å². The molecule has 0 saturated carbocycles. The number of nitrogens with one attached hydrogen (secondary N) is 2. The van der Waals surface area contributed by atoms with Crippen molar-refractivity contribution in [3.8, 4) is 17.0 Å². The molecule has 2 atom stereocenters. The predicted molar refractivity (Wildman–Crippen MR) is 111 cm³/mol. The maximum atomic E-state index is 12.1. The molecule has 4 rings (SSSR count). The van der Waals surface area contributed by atoms with Crippen LogP contribution in [-0.4, -0.2) is 53.3 Å². The van der Waals surface area contributed by atoms with Crippen molar-refractivity contribution in [3.63, 3.8) is 0 Å². The number of rotatable bonds is 5. The van der Waals surface area contributed by atoms with Gasteiger partial charge in [-0.15, -0.1) is 0 Å². The number of nitrogens with zero attached hydrogens (tertiary/aromatic N) is 1. The van der Waals surface area contributed by atoms with Gasteiger partial charge in [-0.05, 0) is 44.2 Å². The maximum absolute atomic E-state index is 12.1. The first-order valence-corrected chi connectivity index (χ1v) is 9.60. The molecule has 0 aliphatic carbocycles. The summed E-state index contributed by atoms with van der Waals surface area (Å²) >= 11 is 0. The van der Waals surface area contributed by atoms with Gasteiger partial charge >= 0.3 is 0 Å². The van der Waals surface area contributed by atoms with Crippen LogP contribution in [0.4, 0.5) is 5.69 Å². The Morgan fingerprint density at radius 2 is 2.00 bits per heavy atom. The first-order valence-electron chi connectivity index (χ1n) is 9.60. The van der Waals surface area contributed by atoms with Crippen molar-refractivity contribution in [1.82, 2.24) is 14.9 Å². The van der Waals surface area contributed by atoms with Gasteiger partial charge in [0, 0.05) is 42.4 Å². The quantitative estimate of drug-likeness (QED) is 0.630. The predicted octanol–water partition coefficient (Wildman–Crippen LogP) is 2.59. The Kier molecular flexibility index (Phi) is 5.11. The number of ether oxygens (including phenoxy) is 2. The van der Waals surface area contributed by atoms with E-state index in [0.717, 1.165) is 42.0 Å². The number of aromatic nitrogens is 2. The molecule has 0 bridgehead atoms. The number of fused-ring (bicyclic) bond motifs is 1. The number of hydrogen-bond acceptors (Lipinski definition) is 5. The molecule has 4 N–H and O–H groups in total. The number of nitrogens with two attached hydrogens (primary N) is 1. The second-order valence-electron chi connectivity index (χ2n) is 7.47. The Hall–Kier alpha value is -2.77. The highest BCUT2D eigenvalue weighted by Crippen LogP contribution is 2.26. The summed E-state index contributed by atoms with van der Waals surface area (Å²) in [6, 6.07) is 9.51. The van der Waals surface area contributed by atoms with Crippen LogP contribution in [0.25, 0.3) is 22.2 Å². The Labute approximate surface area is 163 Å². The molecule has 0 amide bonds. The lowest BCUT2D eigenvalue weighted by atomic mass is 10.2. The van der Waals surface area contributed by atoms with Gasteiger partial charge in [0.1, 0.15) is 12.4 Å². The highest BCUT2D eigenvalue weighted by atomic mass is 16.5. The number of aromatic amines is 2. The van der Waals surface area contributed by atoms with E-state index >= 15 is 0 Å². The number of pyridine rings is 1. The monoisotopic (exact) mass is 382 g/mol. The van der Waals surface area contributed by atoms with Crippen molar-refractivity contribution in [2.24, 2.45) is 0 Å². The van der Waals surface area contributed by atoms with Gasteiger partial charge in [0.05, 0.1) is 23.5 Å². The zero-order chi connectivity index (χ0) is 19.7. The summed E-state index contributed by atoms with van der Waals surface area (Å²) in [5, 5.41) is 0.989. The summed E-state index contributed by atoms with van der Waals surface area (Å²) in [6.07, 6.45) is 2.01. The normalized spacial score (nSPS) is 20.5. The van der Waals surface area contributed by atoms with Crippen LogP contribution < -0.4 is 16.0 Å². The molecular formula is C21H26N4O3. The zero-order valence-corrected chi connectivity index (χ0v) is 16.2. The third-order valence-corrected chi connectivity index (χ3v) is 4.98. The SMILES string of the molecule is CC1CN(CCOc2ccc3[nH]c(-c4cc(N)c[nH]c4=O)cc3c2)CC(C)O1. The first-order chi connectivity index (χ1) is 13.5. The van der Waals surface area contributed by atoms with Gasteiger partial charge in [-0.2, -0.15) is 0 Å². The fourth-order valence-electron chi connectivity index (χ4n) is 3.81. The van der Waals surface area contributed by atoms with Gasteiger partial charge in [-0.1, -0.05) is 0 Å². The van der Waals surface area contributed by atoms with Crippen LogP contribution in [0, 0.1) is 0 Å². The number of hydrogen-bond donors (Lipinski definition) is 3. The van der Waals surface area contributed by atoms with Gasteiger partial charge < -0.3 is 25.2 Å². The Morgan fingerprint density at radius 1 is 1.21 bits per heavy atom. The Balaban J connectivity index is 1.45. The van der Waals surface area contributed by atoms with Crippen LogP contribution in [0.3, 0.4) is 0 Å². The third kappa shape index (κ3) is 4.05. The van der Waals surface area contributed by atoms with E-state index in [-0.39, 0.29) is 17.8 Å². The van der Waals surface area contributed by atoms with Crippen molar-refractivity contribution in [1.29, 1.82) is 0 Å². The summed E-state index contributed by atoms with van der Waals surface area (Å²) in [7, 11) is 0. The highest BCUT2D eigenvalue weighted by molar-refractivity contribution is 5.87. The Bertz CT molecular complexity index is 1020. The zero-order valence-electron chi connectivity index (χ0n) is 16.2. The number of benzene rings is 1. The van der Waals surface area contributed by atoms with Crippen molar-refractivity contribution < 1.29 is 9.47 Å². The molecule has 1 aromatic carbocycles. The van der Waals surface area contributed by atoms with E-state index in [1.165, 1.54) is 6.20 Å². The number of morpholine rings is 1. The van der Waals surface area contributed by atoms with E-state index in [1.54, 1.807) is 6.07 Å². The lowest BCUT2D eigenvalue weighted by Gasteiger charge is -2.35. The highest BCUT2D eigenvalue weighted by Gasteiger charge is 2.21. The van der Waals surface area contributed by atoms with Crippen LogP contribution in [-0.2, 0) is 4.74 Å². The molecule has 7 nitrogen and oxygen atoms in total. The van der Waals surface area contributed by atoms with Gasteiger partial charge in [0.2, 0.25) is 0 Å². The standard InChI is InChI=1S/C21H26N4O3/c1-13-11-25(12-14(2)28-13)5-6-27-17-3-4-19-15(7-17)8-20(24-19)18-9-16(22)10-23-21(18)26/h3-4,7-10,13-14,24H,5-6,11-12,22H2,1-2H3,(H,23,26). The van der Waals surface area contributed by atoms with E-state index in [4.69, 9.17) is 15.2 Å². The van der Waals surface area contributed by atoms with E-state index in [2.05, 4.69) is 28.7 Å². The minimum Gasteiger partial charge on any atom is -0.492 e. The minimum absolute atomic E-state index is 0.175. The molecule has 3 heterocycles. The molecule has 1 aliphatic rings. The lowest BCUT2D eigenvalue weighted by Crippen LogP contribution is -2.46. The first kappa shape index (κ1) is 18.6. The average molecular weight is 382 g/mol. The molecule has 7 heteroatoms. The van der Waals surface area contributed by atoms with Crippen LogP contribution in [0.2, 0.25) is 0 Å². The van der Waals surface area contributed by atoms with E-state index in [9.17, 15) is 4.79 Å². The summed E-state index contributed by atoms with van der Waals surface area (Å²) in [4.78, 5) is 20.4. The molecule has 2 unspecified atom stereocenters. The average Bonchev–Trinajstić information content (AvgIpc) is 3.06. The molecule has 0 spiro atoms. The van der Waals surface area contributed by atoms with Crippen molar-refractivity contribution in [3.05, 3.63) is 46.9 Å². The second kappa shape index (κ2) is 7.69. The van der Waals surface area contributed by atoms with Crippen molar-refractivity contribution in [2.45, 2.75) is 26.1 Å². The fraction of sp³-hybridized carbons (Fsp3) is 0.381. The van der Waals surface area contributed by atoms with Crippen molar-refractivity contribution >= 4 is 16.6 Å². The number of anilines is 1.